The van der Waals surface area contributed by atoms with Gasteiger partial charge in [-0.15, -0.1) is 0 Å². The number of aryl methyl sites for hydroxylation is 1. The summed E-state index contributed by atoms with van der Waals surface area (Å²) in [6.45, 7) is 1.60. The number of hydrogen-bond donors (Lipinski definition) is 1. The van der Waals surface area contributed by atoms with Gasteiger partial charge in [0, 0.05) is 9.50 Å². The molecule has 0 aliphatic carbocycles. The van der Waals surface area contributed by atoms with E-state index in [4.69, 9.17) is 11.6 Å². The molecule has 3 nitrogen and oxygen atoms in total. The van der Waals surface area contributed by atoms with Gasteiger partial charge in [0.05, 0.1) is 10.6 Å². The molecular weight excluding hydrogens is 369 g/mol. The highest BCUT2D eigenvalue weighted by Gasteiger charge is 2.19. The van der Waals surface area contributed by atoms with E-state index in [-0.39, 0.29) is 4.90 Å². The smallest absolute Gasteiger partial charge is 0.262 e. The minimum absolute atomic E-state index is 0.107. The molecule has 7 heteroatoms. The van der Waals surface area contributed by atoms with Crippen molar-refractivity contribution < 1.29 is 12.8 Å². The fraction of sp³-hybridized carbons (Fsp3) is 0.0769. The van der Waals surface area contributed by atoms with Gasteiger partial charge in [0.15, 0.2) is 0 Å². The molecule has 106 valence electrons. The summed E-state index contributed by atoms with van der Waals surface area (Å²) >= 11 is 9.06. The van der Waals surface area contributed by atoms with Crippen LogP contribution in [0.25, 0.3) is 0 Å². The van der Waals surface area contributed by atoms with Gasteiger partial charge in [-0.3, -0.25) is 4.72 Å². The Bertz CT molecular complexity index is 765. The molecule has 2 rings (SSSR count). The Morgan fingerprint density at radius 1 is 1.20 bits per heavy atom. The first-order valence-electron chi connectivity index (χ1n) is 5.53. The first-order valence-corrected chi connectivity index (χ1v) is 8.19. The van der Waals surface area contributed by atoms with Crippen LogP contribution in [0.15, 0.2) is 45.8 Å². The minimum Gasteiger partial charge on any atom is -0.278 e. The van der Waals surface area contributed by atoms with E-state index >= 15 is 0 Å². The van der Waals surface area contributed by atoms with Crippen molar-refractivity contribution in [2.75, 3.05) is 4.72 Å². The molecule has 0 unspecified atom stereocenters. The van der Waals surface area contributed by atoms with E-state index in [1.165, 1.54) is 18.2 Å². The van der Waals surface area contributed by atoms with Gasteiger partial charge in [0.2, 0.25) is 0 Å². The molecule has 0 saturated carbocycles. The predicted octanol–water partition coefficient (Wildman–Crippen LogP) is 4.35. The summed E-state index contributed by atoms with van der Waals surface area (Å²) < 4.78 is 40.8. The Hall–Kier alpha value is -1.11. The molecule has 0 aromatic heterocycles. The van der Waals surface area contributed by atoms with E-state index in [0.717, 1.165) is 6.07 Å². The summed E-state index contributed by atoms with van der Waals surface area (Å²) in [6, 6.07) is 8.32. The van der Waals surface area contributed by atoms with Crippen molar-refractivity contribution in [3.8, 4) is 0 Å². The maximum absolute atomic E-state index is 13.2. The first-order chi connectivity index (χ1) is 9.29. The second kappa shape index (κ2) is 5.71. The Morgan fingerprint density at radius 2 is 1.90 bits per heavy atom. The predicted molar refractivity (Wildman–Crippen MR) is 81.1 cm³/mol. The van der Waals surface area contributed by atoms with Crippen molar-refractivity contribution in [3.63, 3.8) is 0 Å². The van der Waals surface area contributed by atoms with Gasteiger partial charge in [0.25, 0.3) is 10.0 Å². The van der Waals surface area contributed by atoms with E-state index in [9.17, 15) is 12.8 Å². The van der Waals surface area contributed by atoms with Crippen LogP contribution in [-0.2, 0) is 10.0 Å². The Morgan fingerprint density at radius 3 is 2.60 bits per heavy atom. The lowest BCUT2D eigenvalue weighted by atomic mass is 10.2. The fourth-order valence-electron chi connectivity index (χ4n) is 1.64. The van der Waals surface area contributed by atoms with Gasteiger partial charge < -0.3 is 0 Å². The molecule has 0 aliphatic heterocycles. The summed E-state index contributed by atoms with van der Waals surface area (Å²) in [6.07, 6.45) is 0. The zero-order valence-electron chi connectivity index (χ0n) is 10.3. The lowest BCUT2D eigenvalue weighted by Crippen LogP contribution is -2.15. The number of sulfonamides is 1. The van der Waals surface area contributed by atoms with Crippen LogP contribution in [0.1, 0.15) is 5.56 Å². The summed E-state index contributed by atoms with van der Waals surface area (Å²) in [4.78, 5) is -0.107. The van der Waals surface area contributed by atoms with Crippen molar-refractivity contribution in [3.05, 3.63) is 57.3 Å². The van der Waals surface area contributed by atoms with E-state index in [1.54, 1.807) is 19.1 Å². The molecule has 0 amide bonds. The molecule has 0 heterocycles. The minimum atomic E-state index is -3.88. The SMILES string of the molecule is Cc1ccc(F)cc1S(=O)(=O)Nc1cc(Cl)ccc1Br. The Kier molecular flexibility index (Phi) is 4.36. The Labute approximate surface area is 130 Å². The van der Waals surface area contributed by atoms with E-state index in [2.05, 4.69) is 20.7 Å². The number of anilines is 1. The highest BCUT2D eigenvalue weighted by molar-refractivity contribution is 9.10. The first kappa shape index (κ1) is 15.3. The van der Waals surface area contributed by atoms with Crippen molar-refractivity contribution in [1.29, 1.82) is 0 Å². The summed E-state index contributed by atoms with van der Waals surface area (Å²) in [5.74, 6) is -0.610. The lowest BCUT2D eigenvalue weighted by Gasteiger charge is -2.12. The van der Waals surface area contributed by atoms with Crippen LogP contribution in [0.4, 0.5) is 10.1 Å². The van der Waals surface area contributed by atoms with Crippen LogP contribution in [0, 0.1) is 12.7 Å². The molecule has 1 N–H and O–H groups in total. The number of nitrogens with one attached hydrogen (secondary N) is 1. The van der Waals surface area contributed by atoms with Gasteiger partial charge in [-0.25, -0.2) is 12.8 Å². The number of rotatable bonds is 3. The van der Waals surface area contributed by atoms with Gasteiger partial charge in [-0.2, -0.15) is 0 Å². The molecule has 0 bridgehead atoms. The number of benzene rings is 2. The molecule has 2 aromatic carbocycles. The summed E-state index contributed by atoms with van der Waals surface area (Å²) in [5.41, 5.74) is 0.748. The van der Waals surface area contributed by atoms with Crippen LogP contribution in [0.5, 0.6) is 0 Å². The van der Waals surface area contributed by atoms with Crippen molar-refractivity contribution in [2.24, 2.45) is 0 Å². The molecular formula is C13H10BrClFNO2S. The molecule has 0 atom stereocenters. The standard InChI is InChI=1S/C13H10BrClFNO2S/c1-8-2-4-10(16)7-13(8)20(18,19)17-12-6-9(15)3-5-11(12)14/h2-7,17H,1H3. The van der Waals surface area contributed by atoms with Crippen LogP contribution in [0.3, 0.4) is 0 Å². The molecule has 0 aliphatic rings. The second-order valence-corrected chi connectivity index (χ2v) is 7.08. The van der Waals surface area contributed by atoms with E-state index in [1.807, 2.05) is 0 Å². The third kappa shape index (κ3) is 3.31. The molecule has 0 spiro atoms. The van der Waals surface area contributed by atoms with Gasteiger partial charge in [-0.1, -0.05) is 17.7 Å². The highest BCUT2D eigenvalue weighted by Crippen LogP contribution is 2.29. The van der Waals surface area contributed by atoms with Crippen LogP contribution >= 0.6 is 27.5 Å². The van der Waals surface area contributed by atoms with Crippen molar-refractivity contribution in [1.82, 2.24) is 0 Å². The maximum Gasteiger partial charge on any atom is 0.262 e. The van der Waals surface area contributed by atoms with Crippen molar-refractivity contribution >= 4 is 43.2 Å². The van der Waals surface area contributed by atoms with Crippen molar-refractivity contribution in [2.45, 2.75) is 11.8 Å². The summed E-state index contributed by atoms with van der Waals surface area (Å²) in [5, 5.41) is 0.391. The van der Waals surface area contributed by atoms with E-state index < -0.39 is 15.8 Å². The number of hydrogen-bond acceptors (Lipinski definition) is 2. The normalized spacial score (nSPS) is 11.4. The number of halogens is 3. The summed E-state index contributed by atoms with van der Waals surface area (Å²) in [7, 11) is -3.88. The topological polar surface area (TPSA) is 46.2 Å². The zero-order chi connectivity index (χ0) is 14.9. The van der Waals surface area contributed by atoms with Gasteiger partial charge >= 0.3 is 0 Å². The van der Waals surface area contributed by atoms with Gasteiger partial charge in [-0.05, 0) is 58.7 Å². The van der Waals surface area contributed by atoms with Crippen LogP contribution in [0.2, 0.25) is 5.02 Å². The quantitative estimate of drug-likeness (QED) is 0.863. The molecule has 0 fully saturated rings. The molecule has 2 aromatic rings. The van der Waals surface area contributed by atoms with E-state index in [0.29, 0.717) is 20.7 Å². The largest absolute Gasteiger partial charge is 0.278 e. The average Bonchev–Trinajstić information content (AvgIpc) is 2.36. The highest BCUT2D eigenvalue weighted by atomic mass is 79.9. The van der Waals surface area contributed by atoms with Gasteiger partial charge in [0.1, 0.15) is 5.82 Å². The molecule has 0 radical (unpaired) electrons. The zero-order valence-corrected chi connectivity index (χ0v) is 13.5. The monoisotopic (exact) mass is 377 g/mol. The third-order valence-electron chi connectivity index (χ3n) is 2.61. The second-order valence-electron chi connectivity index (χ2n) is 4.14. The third-order valence-corrected chi connectivity index (χ3v) is 5.05. The van der Waals surface area contributed by atoms with Crippen LogP contribution < -0.4 is 4.72 Å². The Balaban J connectivity index is 2.46. The lowest BCUT2D eigenvalue weighted by molar-refractivity contribution is 0.594. The fourth-order valence-corrected chi connectivity index (χ4v) is 3.62. The maximum atomic E-state index is 13.2. The molecule has 0 saturated heterocycles. The average molecular weight is 379 g/mol. The molecule has 20 heavy (non-hydrogen) atoms. The van der Waals surface area contributed by atoms with Crippen LogP contribution in [-0.4, -0.2) is 8.42 Å².